The van der Waals surface area contributed by atoms with Crippen molar-refractivity contribution in [2.75, 3.05) is 7.11 Å². The molecule has 0 aromatic heterocycles. The van der Waals surface area contributed by atoms with Crippen LogP contribution < -0.4 is 4.74 Å². The Balaban J connectivity index is 3.29. The Bertz CT molecular complexity index is 494. The van der Waals surface area contributed by atoms with E-state index in [4.69, 9.17) is 16.3 Å². The molecule has 0 N–H and O–H groups in total. The van der Waals surface area contributed by atoms with Gasteiger partial charge in [-0.15, -0.1) is 6.58 Å². The van der Waals surface area contributed by atoms with Gasteiger partial charge >= 0.3 is 11.9 Å². The van der Waals surface area contributed by atoms with E-state index in [1.165, 1.54) is 20.1 Å². The molecule has 0 aliphatic carbocycles. The van der Waals surface area contributed by atoms with E-state index in [2.05, 4.69) is 11.3 Å². The maximum absolute atomic E-state index is 11.4. The van der Waals surface area contributed by atoms with Crippen molar-refractivity contribution in [3.05, 3.63) is 40.9 Å². The minimum absolute atomic E-state index is 0.185. The minimum Gasteiger partial charge on any atom is -0.465 e. The molecule has 0 aliphatic heterocycles. The highest BCUT2D eigenvalue weighted by Gasteiger charge is 2.16. The van der Waals surface area contributed by atoms with Crippen molar-refractivity contribution < 1.29 is 19.1 Å². The van der Waals surface area contributed by atoms with E-state index in [0.717, 1.165) is 0 Å². The van der Waals surface area contributed by atoms with Crippen LogP contribution in [0.4, 0.5) is 0 Å². The molecule has 18 heavy (non-hydrogen) atoms. The fraction of sp³-hybridized carbons (Fsp3) is 0.231. The molecule has 0 aliphatic rings. The second-order valence-electron chi connectivity index (χ2n) is 3.52. The summed E-state index contributed by atoms with van der Waals surface area (Å²) in [7, 11) is 1.28. The summed E-state index contributed by atoms with van der Waals surface area (Å²) in [6.07, 6.45) is 2.05. The number of carbonyl (C=O) groups excluding carboxylic acids is 2. The van der Waals surface area contributed by atoms with Crippen molar-refractivity contribution in [3.63, 3.8) is 0 Å². The molecule has 0 heterocycles. The quantitative estimate of drug-likeness (QED) is 0.479. The Morgan fingerprint density at radius 1 is 1.44 bits per heavy atom. The number of carbonyl (C=O) groups is 2. The molecule has 5 heteroatoms. The third-order valence-corrected chi connectivity index (χ3v) is 2.43. The number of halogens is 1. The van der Waals surface area contributed by atoms with E-state index in [0.29, 0.717) is 17.5 Å². The zero-order chi connectivity index (χ0) is 13.7. The van der Waals surface area contributed by atoms with Gasteiger partial charge in [-0.2, -0.15) is 0 Å². The van der Waals surface area contributed by atoms with Crippen molar-refractivity contribution in [1.82, 2.24) is 0 Å². The molecule has 0 fully saturated rings. The summed E-state index contributed by atoms with van der Waals surface area (Å²) >= 11 is 6.00. The first-order chi connectivity index (χ1) is 8.49. The van der Waals surface area contributed by atoms with Crippen LogP contribution in [0.5, 0.6) is 5.75 Å². The van der Waals surface area contributed by atoms with Gasteiger partial charge in [0.1, 0.15) is 0 Å². The number of allylic oxidation sites excluding steroid dienone is 1. The molecule has 1 aromatic carbocycles. The predicted octanol–water partition coefficient (Wildman–Crippen LogP) is 2.78. The number of rotatable bonds is 4. The van der Waals surface area contributed by atoms with Crippen LogP contribution in [0.2, 0.25) is 5.02 Å². The summed E-state index contributed by atoms with van der Waals surface area (Å²) in [5.74, 6) is -0.735. The largest absolute Gasteiger partial charge is 0.465 e. The maximum atomic E-state index is 11.4. The molecular formula is C13H13ClO4. The lowest BCUT2D eigenvalue weighted by Gasteiger charge is -2.11. The Hall–Kier alpha value is -1.81. The number of esters is 2. The molecule has 1 aromatic rings. The number of methoxy groups -OCH3 is 1. The molecule has 0 saturated heterocycles. The van der Waals surface area contributed by atoms with E-state index >= 15 is 0 Å². The van der Waals surface area contributed by atoms with E-state index in [1.54, 1.807) is 12.1 Å². The number of hydrogen-bond donors (Lipinski definition) is 0. The Labute approximate surface area is 110 Å². The summed E-state index contributed by atoms with van der Waals surface area (Å²) in [6, 6.07) is 2.97. The number of hydrogen-bond acceptors (Lipinski definition) is 4. The third kappa shape index (κ3) is 3.34. The number of benzene rings is 1. The summed E-state index contributed by atoms with van der Waals surface area (Å²) in [5.41, 5.74) is 0.906. The average Bonchev–Trinajstić information content (AvgIpc) is 2.32. The third-order valence-electron chi connectivity index (χ3n) is 2.15. The van der Waals surface area contributed by atoms with Crippen molar-refractivity contribution in [2.24, 2.45) is 0 Å². The molecule has 0 amide bonds. The molecule has 0 spiro atoms. The highest BCUT2D eigenvalue weighted by atomic mass is 35.5. The molecule has 0 bridgehead atoms. The first-order valence-electron chi connectivity index (χ1n) is 5.19. The fourth-order valence-corrected chi connectivity index (χ4v) is 1.73. The Morgan fingerprint density at radius 3 is 2.61 bits per heavy atom. The first kappa shape index (κ1) is 14.3. The monoisotopic (exact) mass is 268 g/mol. The van der Waals surface area contributed by atoms with Gasteiger partial charge in [0.05, 0.1) is 17.7 Å². The van der Waals surface area contributed by atoms with Gasteiger partial charge < -0.3 is 9.47 Å². The normalized spacial score (nSPS) is 9.72. The van der Waals surface area contributed by atoms with E-state index in [-0.39, 0.29) is 10.8 Å². The van der Waals surface area contributed by atoms with Crippen LogP contribution in [0.25, 0.3) is 0 Å². The van der Waals surface area contributed by atoms with Gasteiger partial charge in [0.25, 0.3) is 0 Å². The van der Waals surface area contributed by atoms with Gasteiger partial charge in [0.15, 0.2) is 5.75 Å². The Morgan fingerprint density at radius 2 is 2.11 bits per heavy atom. The standard InChI is InChI=1S/C13H13ClO4/c1-4-5-9-6-10(13(16)17-3)7-11(14)12(9)18-8(2)15/h4,6-7H,1,5H2,2-3H3. The van der Waals surface area contributed by atoms with Crippen molar-refractivity contribution in [3.8, 4) is 5.75 Å². The van der Waals surface area contributed by atoms with Crippen LogP contribution >= 0.6 is 11.6 Å². The van der Waals surface area contributed by atoms with Gasteiger partial charge in [0.2, 0.25) is 0 Å². The minimum atomic E-state index is -0.503. The van der Waals surface area contributed by atoms with Crippen LogP contribution in [0, 0.1) is 0 Å². The molecule has 0 saturated carbocycles. The predicted molar refractivity (Wildman–Crippen MR) is 68.0 cm³/mol. The molecule has 4 nitrogen and oxygen atoms in total. The number of ether oxygens (including phenoxy) is 2. The summed E-state index contributed by atoms with van der Waals surface area (Å²) in [4.78, 5) is 22.4. The first-order valence-corrected chi connectivity index (χ1v) is 5.57. The molecular weight excluding hydrogens is 256 g/mol. The molecule has 96 valence electrons. The summed E-state index contributed by atoms with van der Waals surface area (Å²) in [5, 5.41) is 0.185. The second-order valence-corrected chi connectivity index (χ2v) is 3.93. The molecule has 0 unspecified atom stereocenters. The highest BCUT2D eigenvalue weighted by Crippen LogP contribution is 2.31. The highest BCUT2D eigenvalue weighted by molar-refractivity contribution is 6.32. The van der Waals surface area contributed by atoms with Crippen LogP contribution in [0.3, 0.4) is 0 Å². The van der Waals surface area contributed by atoms with E-state index < -0.39 is 11.9 Å². The van der Waals surface area contributed by atoms with Crippen molar-refractivity contribution in [1.29, 1.82) is 0 Å². The van der Waals surface area contributed by atoms with Gasteiger partial charge in [0, 0.05) is 12.5 Å². The van der Waals surface area contributed by atoms with Crippen LogP contribution in [0.1, 0.15) is 22.8 Å². The zero-order valence-corrected chi connectivity index (χ0v) is 10.9. The van der Waals surface area contributed by atoms with Crippen LogP contribution in [-0.4, -0.2) is 19.0 Å². The van der Waals surface area contributed by atoms with Gasteiger partial charge in [-0.05, 0) is 18.6 Å². The molecule has 0 radical (unpaired) electrons. The lowest BCUT2D eigenvalue weighted by atomic mass is 10.1. The maximum Gasteiger partial charge on any atom is 0.337 e. The topological polar surface area (TPSA) is 52.6 Å². The lowest BCUT2D eigenvalue weighted by Crippen LogP contribution is -2.07. The average molecular weight is 269 g/mol. The van der Waals surface area contributed by atoms with Crippen molar-refractivity contribution in [2.45, 2.75) is 13.3 Å². The Kier molecular flexibility index (Phi) is 4.92. The van der Waals surface area contributed by atoms with E-state index in [9.17, 15) is 9.59 Å². The van der Waals surface area contributed by atoms with Gasteiger partial charge in [-0.25, -0.2) is 4.79 Å². The molecule has 1 rings (SSSR count). The second kappa shape index (κ2) is 6.21. The van der Waals surface area contributed by atoms with Crippen LogP contribution in [-0.2, 0) is 16.0 Å². The van der Waals surface area contributed by atoms with Crippen LogP contribution in [0.15, 0.2) is 24.8 Å². The summed E-state index contributed by atoms with van der Waals surface area (Å²) in [6.45, 7) is 4.88. The van der Waals surface area contributed by atoms with Gasteiger partial charge in [-0.1, -0.05) is 17.7 Å². The fourth-order valence-electron chi connectivity index (χ4n) is 1.45. The zero-order valence-electron chi connectivity index (χ0n) is 10.2. The smallest absolute Gasteiger partial charge is 0.337 e. The lowest BCUT2D eigenvalue weighted by molar-refractivity contribution is -0.131. The summed E-state index contributed by atoms with van der Waals surface area (Å²) < 4.78 is 9.64. The van der Waals surface area contributed by atoms with E-state index in [1.807, 2.05) is 0 Å². The van der Waals surface area contributed by atoms with Crippen molar-refractivity contribution >= 4 is 23.5 Å². The van der Waals surface area contributed by atoms with Gasteiger partial charge in [-0.3, -0.25) is 4.79 Å². The molecule has 0 atom stereocenters. The SMILES string of the molecule is C=CCc1cc(C(=O)OC)cc(Cl)c1OC(C)=O.